The van der Waals surface area contributed by atoms with Crippen LogP contribution >= 0.6 is 24.0 Å². The van der Waals surface area contributed by atoms with Crippen LogP contribution in [0.4, 0.5) is 10.1 Å². The molecule has 0 spiro atoms. The minimum atomic E-state index is -1.36. The van der Waals surface area contributed by atoms with Crippen molar-refractivity contribution in [2.45, 2.75) is 0 Å². The first-order chi connectivity index (χ1) is 14.7. The largest absolute Gasteiger partial charge is 0.478 e. The molecule has 1 aliphatic rings. The van der Waals surface area contributed by atoms with Gasteiger partial charge in [0, 0.05) is 0 Å². The Labute approximate surface area is 184 Å². The van der Waals surface area contributed by atoms with Gasteiger partial charge in [0.05, 0.1) is 21.7 Å². The second-order valence-corrected chi connectivity index (χ2v) is 7.92. The highest BCUT2D eigenvalue weighted by molar-refractivity contribution is 8.26. The predicted molar refractivity (Wildman–Crippen MR) is 115 cm³/mol. The van der Waals surface area contributed by atoms with Gasteiger partial charge in [0.2, 0.25) is 5.91 Å². The number of hydrogen-bond acceptors (Lipinski definition) is 6. The van der Waals surface area contributed by atoms with Crippen molar-refractivity contribution >= 4 is 63.8 Å². The molecule has 0 radical (unpaired) electrons. The Kier molecular flexibility index (Phi) is 6.47. The zero-order valence-corrected chi connectivity index (χ0v) is 17.1. The lowest BCUT2D eigenvalue weighted by Gasteiger charge is -2.15. The van der Waals surface area contributed by atoms with Crippen LogP contribution in [0.3, 0.4) is 0 Å². The van der Waals surface area contributed by atoms with Crippen LogP contribution in [0.15, 0.2) is 47.4 Å². The molecule has 11 heteroatoms. The lowest BCUT2D eigenvalue weighted by atomic mass is 10.1. The quantitative estimate of drug-likeness (QED) is 0.444. The van der Waals surface area contributed by atoms with Gasteiger partial charge in [0.15, 0.2) is 0 Å². The molecule has 1 saturated heterocycles. The van der Waals surface area contributed by atoms with Crippen molar-refractivity contribution in [3.05, 3.63) is 69.9 Å². The van der Waals surface area contributed by atoms with Crippen molar-refractivity contribution in [1.29, 1.82) is 0 Å². The molecular weight excluding hydrogens is 447 g/mol. The maximum atomic E-state index is 13.3. The molecule has 158 valence electrons. The van der Waals surface area contributed by atoms with E-state index in [2.05, 4.69) is 5.32 Å². The van der Waals surface area contributed by atoms with Gasteiger partial charge in [-0.3, -0.25) is 14.5 Å². The van der Waals surface area contributed by atoms with Crippen LogP contribution in [0.25, 0.3) is 6.08 Å². The van der Waals surface area contributed by atoms with E-state index in [0.29, 0.717) is 5.56 Å². The zero-order chi connectivity index (χ0) is 22.7. The molecule has 0 aromatic heterocycles. The smallest absolute Gasteiger partial charge is 0.337 e. The molecule has 0 bridgehead atoms. The number of anilines is 1. The average molecular weight is 460 g/mol. The summed E-state index contributed by atoms with van der Waals surface area (Å²) in [6.07, 6.45) is 1.44. The third-order valence-corrected chi connectivity index (χ3v) is 5.47. The lowest BCUT2D eigenvalue weighted by molar-refractivity contribution is -0.126. The summed E-state index contributed by atoms with van der Waals surface area (Å²) in [6, 6.07) is 8.76. The van der Waals surface area contributed by atoms with E-state index in [1.54, 1.807) is 6.07 Å². The summed E-state index contributed by atoms with van der Waals surface area (Å²) in [4.78, 5) is 48.8. The molecule has 3 rings (SSSR count). The molecule has 0 atom stereocenters. The molecule has 0 aliphatic carbocycles. The molecule has 0 saturated carbocycles. The van der Waals surface area contributed by atoms with Gasteiger partial charge in [-0.05, 0) is 42.0 Å². The molecule has 8 nitrogen and oxygen atoms in total. The van der Waals surface area contributed by atoms with E-state index in [1.165, 1.54) is 24.3 Å². The predicted octanol–water partition coefficient (Wildman–Crippen LogP) is 3.06. The number of rotatable bonds is 6. The van der Waals surface area contributed by atoms with Gasteiger partial charge in [-0.2, -0.15) is 0 Å². The lowest BCUT2D eigenvalue weighted by Crippen LogP contribution is -2.36. The van der Waals surface area contributed by atoms with Crippen molar-refractivity contribution in [2.75, 3.05) is 11.9 Å². The van der Waals surface area contributed by atoms with E-state index in [-0.39, 0.29) is 26.0 Å². The summed E-state index contributed by atoms with van der Waals surface area (Å²) in [5.74, 6) is -4.47. The number of carboxylic acid groups (broad SMARTS) is 2. The molecular formula is C20H13FN2O6S2. The van der Waals surface area contributed by atoms with Gasteiger partial charge in [0.1, 0.15) is 16.7 Å². The van der Waals surface area contributed by atoms with Gasteiger partial charge in [0.25, 0.3) is 5.91 Å². The van der Waals surface area contributed by atoms with Crippen LogP contribution in [0.1, 0.15) is 26.3 Å². The van der Waals surface area contributed by atoms with Gasteiger partial charge in [-0.1, -0.05) is 36.1 Å². The number of nitrogens with one attached hydrogen (secondary N) is 1. The van der Waals surface area contributed by atoms with Crippen molar-refractivity contribution in [2.24, 2.45) is 0 Å². The Bertz CT molecular complexity index is 1160. The van der Waals surface area contributed by atoms with E-state index < -0.39 is 36.1 Å². The standard InChI is InChI=1S/C20H13FN2O6S2/c21-12-3-1-2-10(6-12)7-15-17(25)23(20(30)31-15)9-16(24)22-14-8-11(18(26)27)4-5-13(14)19(28)29/h1-8H,9H2,(H,22,24)(H,26,27)(H,28,29)/b15-7-. The molecule has 2 amide bonds. The Morgan fingerprint density at radius 1 is 1.13 bits per heavy atom. The first-order valence-corrected chi connectivity index (χ1v) is 9.79. The highest BCUT2D eigenvalue weighted by Crippen LogP contribution is 2.32. The molecule has 31 heavy (non-hydrogen) atoms. The highest BCUT2D eigenvalue weighted by atomic mass is 32.2. The minimum Gasteiger partial charge on any atom is -0.478 e. The summed E-state index contributed by atoms with van der Waals surface area (Å²) < 4.78 is 13.4. The zero-order valence-electron chi connectivity index (χ0n) is 15.5. The molecule has 1 aliphatic heterocycles. The first kappa shape index (κ1) is 22.1. The van der Waals surface area contributed by atoms with Crippen molar-refractivity contribution in [3.63, 3.8) is 0 Å². The molecule has 3 N–H and O–H groups in total. The topological polar surface area (TPSA) is 124 Å². The summed E-state index contributed by atoms with van der Waals surface area (Å²) in [6.45, 7) is -0.512. The Morgan fingerprint density at radius 2 is 1.87 bits per heavy atom. The van der Waals surface area contributed by atoms with Gasteiger partial charge < -0.3 is 15.5 Å². The molecule has 1 heterocycles. The SMILES string of the molecule is O=C(CN1C(=O)/C(=C/c2cccc(F)c2)SC1=S)Nc1cc(C(=O)O)ccc1C(=O)O. The molecule has 1 fully saturated rings. The van der Waals surface area contributed by atoms with Gasteiger partial charge >= 0.3 is 11.9 Å². The van der Waals surface area contributed by atoms with Crippen molar-refractivity contribution in [1.82, 2.24) is 4.90 Å². The second-order valence-electron chi connectivity index (χ2n) is 6.24. The molecule has 2 aromatic carbocycles. The fourth-order valence-corrected chi connectivity index (χ4v) is 3.94. The Hall–Kier alpha value is -3.57. The van der Waals surface area contributed by atoms with Crippen LogP contribution in [-0.4, -0.2) is 49.7 Å². The van der Waals surface area contributed by atoms with E-state index in [4.69, 9.17) is 17.3 Å². The maximum Gasteiger partial charge on any atom is 0.337 e. The van der Waals surface area contributed by atoms with Gasteiger partial charge in [-0.25, -0.2) is 14.0 Å². The number of aromatic carboxylic acids is 2. The highest BCUT2D eigenvalue weighted by Gasteiger charge is 2.33. The van der Waals surface area contributed by atoms with E-state index in [1.807, 2.05) is 0 Å². The fraction of sp³-hybridized carbons (Fsp3) is 0.0500. The maximum absolute atomic E-state index is 13.3. The summed E-state index contributed by atoms with van der Waals surface area (Å²) in [5.41, 5.74) is -0.307. The number of hydrogen-bond donors (Lipinski definition) is 3. The average Bonchev–Trinajstić information content (AvgIpc) is 2.95. The van der Waals surface area contributed by atoms with E-state index >= 15 is 0 Å². The van der Waals surface area contributed by atoms with Crippen LogP contribution < -0.4 is 5.32 Å². The van der Waals surface area contributed by atoms with Gasteiger partial charge in [-0.15, -0.1) is 0 Å². The van der Waals surface area contributed by atoms with E-state index in [0.717, 1.165) is 34.9 Å². The first-order valence-electron chi connectivity index (χ1n) is 8.57. The van der Waals surface area contributed by atoms with Crippen LogP contribution in [0.5, 0.6) is 0 Å². The number of thiocarbonyl (C=S) groups is 1. The van der Waals surface area contributed by atoms with Crippen molar-refractivity contribution in [3.8, 4) is 0 Å². The number of amides is 2. The van der Waals surface area contributed by atoms with Crippen molar-refractivity contribution < 1.29 is 33.8 Å². The number of benzene rings is 2. The number of nitrogens with zero attached hydrogens (tertiary/aromatic N) is 1. The Balaban J connectivity index is 1.77. The number of carbonyl (C=O) groups is 4. The number of thioether (sulfide) groups is 1. The van der Waals surface area contributed by atoms with Crippen LogP contribution in [0, 0.1) is 5.82 Å². The van der Waals surface area contributed by atoms with Crippen LogP contribution in [-0.2, 0) is 9.59 Å². The third-order valence-electron chi connectivity index (χ3n) is 4.09. The minimum absolute atomic E-state index is 0.0977. The summed E-state index contributed by atoms with van der Waals surface area (Å²) in [7, 11) is 0. The summed E-state index contributed by atoms with van der Waals surface area (Å²) >= 11 is 6.08. The monoisotopic (exact) mass is 460 g/mol. The molecule has 0 unspecified atom stereocenters. The number of carbonyl (C=O) groups excluding carboxylic acids is 2. The third kappa shape index (κ3) is 5.13. The Morgan fingerprint density at radius 3 is 2.52 bits per heavy atom. The number of carboxylic acids is 2. The van der Waals surface area contributed by atoms with Crippen LogP contribution in [0.2, 0.25) is 0 Å². The summed E-state index contributed by atoms with van der Waals surface area (Å²) in [5, 5.41) is 20.6. The fourth-order valence-electron chi connectivity index (χ4n) is 2.68. The number of halogens is 1. The normalized spacial score (nSPS) is 14.7. The van der Waals surface area contributed by atoms with E-state index in [9.17, 15) is 28.7 Å². The molecule has 2 aromatic rings. The second kappa shape index (κ2) is 9.06.